The first kappa shape index (κ1) is 14.7. The molecule has 1 aliphatic carbocycles. The largest absolute Gasteiger partial charge is 0.396 e. The van der Waals surface area contributed by atoms with Crippen LogP contribution in [-0.4, -0.2) is 34.1 Å². The number of rotatable bonds is 6. The van der Waals surface area contributed by atoms with E-state index in [1.807, 2.05) is 0 Å². The molecule has 0 saturated heterocycles. The van der Waals surface area contributed by atoms with Crippen LogP contribution in [0.25, 0.3) is 0 Å². The highest BCUT2D eigenvalue weighted by Crippen LogP contribution is 2.47. The van der Waals surface area contributed by atoms with Gasteiger partial charge in [0.05, 0.1) is 10.5 Å². The minimum absolute atomic E-state index is 0.0133. The number of carbonyl (C=O) groups excluding carboxylic acids is 1. The van der Waals surface area contributed by atoms with Gasteiger partial charge in [0.1, 0.15) is 11.3 Å². The number of nitrogens with one attached hydrogen (secondary N) is 1. The number of hydrogen-bond donors (Lipinski definition) is 2. The molecule has 2 rings (SSSR count). The van der Waals surface area contributed by atoms with Gasteiger partial charge in [-0.3, -0.25) is 14.9 Å². The van der Waals surface area contributed by atoms with Crippen LogP contribution in [0.5, 0.6) is 0 Å². The van der Waals surface area contributed by atoms with E-state index in [9.17, 15) is 14.9 Å². The summed E-state index contributed by atoms with van der Waals surface area (Å²) in [5, 5.41) is 22.2. The average molecular weight is 300 g/mol. The summed E-state index contributed by atoms with van der Waals surface area (Å²) in [5.41, 5.74) is -0.331. The Morgan fingerprint density at radius 2 is 2.30 bits per heavy atom. The van der Waals surface area contributed by atoms with Crippen LogP contribution >= 0.6 is 11.6 Å². The van der Waals surface area contributed by atoms with E-state index in [1.165, 1.54) is 0 Å². The molecule has 0 aliphatic heterocycles. The molecule has 1 saturated carbocycles. The minimum Gasteiger partial charge on any atom is -0.396 e. The maximum Gasteiger partial charge on any atom is 0.288 e. The number of halogens is 1. The fraction of sp³-hybridized carbons (Fsp3) is 0.500. The summed E-state index contributed by atoms with van der Waals surface area (Å²) in [7, 11) is 0. The van der Waals surface area contributed by atoms with Crippen molar-refractivity contribution < 1.29 is 14.8 Å². The first-order chi connectivity index (χ1) is 9.47. The van der Waals surface area contributed by atoms with Crippen LogP contribution in [0.1, 0.15) is 29.6 Å². The van der Waals surface area contributed by atoms with Gasteiger partial charge in [0.15, 0.2) is 0 Å². The number of nitro groups is 1. The normalized spacial score (nSPS) is 15.7. The summed E-state index contributed by atoms with van der Waals surface area (Å²) >= 11 is 5.79. The average Bonchev–Trinajstić information content (AvgIpc) is 3.17. The molecular weight excluding hydrogens is 286 g/mol. The van der Waals surface area contributed by atoms with Gasteiger partial charge in [0, 0.05) is 19.2 Å². The Bertz CT molecular complexity index is 546. The molecule has 0 spiro atoms. The molecule has 2 N–H and O–H groups in total. The van der Waals surface area contributed by atoms with Crippen molar-refractivity contribution in [1.82, 2.24) is 10.3 Å². The Kier molecular flexibility index (Phi) is 4.20. The summed E-state index contributed by atoms with van der Waals surface area (Å²) in [6.07, 6.45) is 3.55. The third-order valence-electron chi connectivity index (χ3n) is 3.50. The second-order valence-electron chi connectivity index (χ2n) is 4.95. The fourth-order valence-corrected chi connectivity index (χ4v) is 2.18. The SMILES string of the molecule is O=C(NCC1(CCO)CC1)c1cc([N+](=O)[O-])cnc1Cl. The van der Waals surface area contributed by atoms with Crippen molar-refractivity contribution in [3.8, 4) is 0 Å². The van der Waals surface area contributed by atoms with Crippen LogP contribution in [-0.2, 0) is 0 Å². The number of aliphatic hydroxyl groups is 1. The van der Waals surface area contributed by atoms with E-state index in [0.717, 1.165) is 25.1 Å². The number of pyridine rings is 1. The molecule has 108 valence electrons. The van der Waals surface area contributed by atoms with Crippen molar-refractivity contribution >= 4 is 23.2 Å². The molecule has 1 aliphatic rings. The number of aromatic nitrogens is 1. The lowest BCUT2D eigenvalue weighted by Crippen LogP contribution is -2.31. The lowest BCUT2D eigenvalue weighted by atomic mass is 10.0. The van der Waals surface area contributed by atoms with Gasteiger partial charge >= 0.3 is 0 Å². The molecule has 1 fully saturated rings. The Balaban J connectivity index is 2.05. The van der Waals surface area contributed by atoms with Gasteiger partial charge in [-0.25, -0.2) is 4.98 Å². The first-order valence-electron chi connectivity index (χ1n) is 6.16. The van der Waals surface area contributed by atoms with Crippen molar-refractivity contribution in [1.29, 1.82) is 0 Å². The highest BCUT2D eigenvalue weighted by molar-refractivity contribution is 6.32. The van der Waals surface area contributed by atoms with E-state index in [0.29, 0.717) is 13.0 Å². The molecule has 1 aromatic heterocycles. The Hall–Kier alpha value is -1.73. The third kappa shape index (κ3) is 3.23. The molecule has 7 nitrogen and oxygen atoms in total. The zero-order valence-electron chi connectivity index (χ0n) is 10.6. The zero-order valence-corrected chi connectivity index (χ0v) is 11.4. The Labute approximate surface area is 120 Å². The van der Waals surface area contributed by atoms with E-state index in [1.54, 1.807) is 0 Å². The molecular formula is C12H14ClN3O4. The Morgan fingerprint density at radius 3 is 2.85 bits per heavy atom. The van der Waals surface area contributed by atoms with Gasteiger partial charge in [0.2, 0.25) is 0 Å². The van der Waals surface area contributed by atoms with E-state index in [-0.39, 0.29) is 28.4 Å². The first-order valence-corrected chi connectivity index (χ1v) is 6.54. The van der Waals surface area contributed by atoms with E-state index >= 15 is 0 Å². The standard InChI is InChI=1S/C12H14ClN3O4/c13-10-9(5-8(6-14-10)16(19)20)11(18)15-7-12(1-2-12)3-4-17/h5-6,17H,1-4,7H2,(H,15,18). The summed E-state index contributed by atoms with van der Waals surface area (Å²) in [5.74, 6) is -0.490. The third-order valence-corrected chi connectivity index (χ3v) is 3.80. The maximum atomic E-state index is 12.0. The van der Waals surface area contributed by atoms with Crippen molar-refractivity contribution in [3.05, 3.63) is 33.1 Å². The van der Waals surface area contributed by atoms with E-state index < -0.39 is 10.8 Å². The van der Waals surface area contributed by atoms with E-state index in [2.05, 4.69) is 10.3 Å². The van der Waals surface area contributed by atoms with Crippen molar-refractivity contribution in [2.24, 2.45) is 5.41 Å². The number of amides is 1. The van der Waals surface area contributed by atoms with Crippen LogP contribution in [0.4, 0.5) is 5.69 Å². The van der Waals surface area contributed by atoms with Gasteiger partial charge < -0.3 is 10.4 Å². The smallest absolute Gasteiger partial charge is 0.288 e. The summed E-state index contributed by atoms with van der Waals surface area (Å²) in [6, 6.07) is 1.11. The predicted molar refractivity (Wildman–Crippen MR) is 71.6 cm³/mol. The van der Waals surface area contributed by atoms with Crippen LogP contribution in [0.15, 0.2) is 12.3 Å². The Morgan fingerprint density at radius 1 is 1.60 bits per heavy atom. The zero-order chi connectivity index (χ0) is 14.8. The van der Waals surface area contributed by atoms with Crippen LogP contribution in [0.3, 0.4) is 0 Å². The van der Waals surface area contributed by atoms with E-state index in [4.69, 9.17) is 16.7 Å². The summed E-state index contributed by atoms with van der Waals surface area (Å²) < 4.78 is 0. The van der Waals surface area contributed by atoms with Gasteiger partial charge in [-0.05, 0) is 24.7 Å². The summed E-state index contributed by atoms with van der Waals surface area (Å²) in [4.78, 5) is 25.7. The number of aliphatic hydroxyl groups excluding tert-OH is 1. The molecule has 0 aromatic carbocycles. The number of carbonyl (C=O) groups is 1. The molecule has 1 amide bonds. The lowest BCUT2D eigenvalue weighted by molar-refractivity contribution is -0.385. The molecule has 1 heterocycles. The number of hydrogen-bond acceptors (Lipinski definition) is 5. The second-order valence-corrected chi connectivity index (χ2v) is 5.30. The van der Waals surface area contributed by atoms with Crippen LogP contribution in [0.2, 0.25) is 5.15 Å². The summed E-state index contributed by atoms with van der Waals surface area (Å²) in [6.45, 7) is 0.500. The van der Waals surface area contributed by atoms with Crippen molar-refractivity contribution in [2.45, 2.75) is 19.3 Å². The molecule has 0 unspecified atom stereocenters. The molecule has 20 heavy (non-hydrogen) atoms. The molecule has 0 radical (unpaired) electrons. The molecule has 0 atom stereocenters. The van der Waals surface area contributed by atoms with Crippen molar-refractivity contribution in [3.63, 3.8) is 0 Å². The highest BCUT2D eigenvalue weighted by Gasteiger charge is 2.42. The van der Waals surface area contributed by atoms with Crippen molar-refractivity contribution in [2.75, 3.05) is 13.2 Å². The minimum atomic E-state index is -0.631. The molecule has 0 bridgehead atoms. The van der Waals surface area contributed by atoms with Crippen LogP contribution < -0.4 is 5.32 Å². The highest BCUT2D eigenvalue weighted by atomic mass is 35.5. The fourth-order valence-electron chi connectivity index (χ4n) is 1.99. The van der Waals surface area contributed by atoms with Gasteiger partial charge in [-0.1, -0.05) is 11.6 Å². The van der Waals surface area contributed by atoms with Gasteiger partial charge in [0.25, 0.3) is 11.6 Å². The maximum absolute atomic E-state index is 12.0. The van der Waals surface area contributed by atoms with Gasteiger partial charge in [-0.15, -0.1) is 0 Å². The molecule has 1 aromatic rings. The lowest BCUT2D eigenvalue weighted by Gasteiger charge is -2.14. The predicted octanol–water partition coefficient (Wildman–Crippen LogP) is 1.54. The second kappa shape index (κ2) is 5.72. The monoisotopic (exact) mass is 299 g/mol. The van der Waals surface area contributed by atoms with Gasteiger partial charge in [-0.2, -0.15) is 0 Å². The topological polar surface area (TPSA) is 105 Å². The quantitative estimate of drug-likeness (QED) is 0.471. The number of nitrogens with zero attached hydrogens (tertiary/aromatic N) is 2. The molecule has 8 heteroatoms. The van der Waals surface area contributed by atoms with Crippen LogP contribution in [0, 0.1) is 15.5 Å².